The molecule has 0 radical (unpaired) electrons. The highest BCUT2D eigenvalue weighted by Gasteiger charge is 2.27. The first-order valence-corrected chi connectivity index (χ1v) is 10.9. The van der Waals surface area contributed by atoms with Crippen molar-refractivity contribution >= 4 is 29.1 Å². The molecule has 0 amide bonds. The summed E-state index contributed by atoms with van der Waals surface area (Å²) in [4.78, 5) is 15.0. The number of anilines is 1. The van der Waals surface area contributed by atoms with Crippen LogP contribution < -0.4 is 14.4 Å². The minimum Gasteiger partial charge on any atom is -0.489 e. The number of benzene rings is 3. The third-order valence-corrected chi connectivity index (χ3v) is 5.72. The number of ketones is 1. The largest absolute Gasteiger partial charge is 0.489 e. The summed E-state index contributed by atoms with van der Waals surface area (Å²) < 4.78 is 24.8. The van der Waals surface area contributed by atoms with Crippen molar-refractivity contribution in [2.24, 2.45) is 0 Å². The normalized spacial score (nSPS) is 13.8. The minimum atomic E-state index is -0.398. The maximum Gasteiger partial charge on any atom is 0.231 e. The van der Waals surface area contributed by atoms with Crippen molar-refractivity contribution in [3.8, 4) is 11.5 Å². The van der Waals surface area contributed by atoms with Crippen molar-refractivity contribution in [3.63, 3.8) is 0 Å². The molecule has 1 aliphatic rings. The van der Waals surface area contributed by atoms with Crippen LogP contribution in [0.4, 0.5) is 10.1 Å². The Labute approximate surface area is 191 Å². The number of hydrogen-bond acceptors (Lipinski definition) is 4. The van der Waals surface area contributed by atoms with Crippen molar-refractivity contribution in [2.75, 3.05) is 18.0 Å². The summed E-state index contributed by atoms with van der Waals surface area (Å²) in [6.07, 6.45) is 1.74. The highest BCUT2D eigenvalue weighted by Crippen LogP contribution is 2.35. The van der Waals surface area contributed by atoms with E-state index in [2.05, 4.69) is 18.7 Å². The molecule has 32 heavy (non-hydrogen) atoms. The topological polar surface area (TPSA) is 38.8 Å². The number of hydrogen-bond donors (Lipinski definition) is 0. The second-order valence-corrected chi connectivity index (χ2v) is 7.79. The Balaban J connectivity index is 1.47. The molecule has 0 fully saturated rings. The number of carbonyl (C=O) groups excluding carboxylic acids is 1. The zero-order chi connectivity index (χ0) is 22.7. The van der Waals surface area contributed by atoms with Gasteiger partial charge in [0.25, 0.3) is 0 Å². The summed E-state index contributed by atoms with van der Waals surface area (Å²) in [5, 5.41) is 0.301. The Morgan fingerprint density at radius 1 is 1.03 bits per heavy atom. The van der Waals surface area contributed by atoms with E-state index in [0.717, 1.165) is 24.3 Å². The SMILES string of the molecule is CCN(CC)c1ccc(/C=C2\Oc3cc(OCc4ccc(F)cc4Cl)ccc3C2=O)cc1. The summed E-state index contributed by atoms with van der Waals surface area (Å²) in [7, 11) is 0. The number of allylic oxidation sites excluding steroid dienone is 1. The molecule has 0 aromatic heterocycles. The number of Topliss-reactive ketones (excluding diaryl/α,β-unsaturated/α-hetero) is 1. The number of fused-ring (bicyclic) bond motifs is 1. The van der Waals surface area contributed by atoms with Crippen molar-refractivity contribution in [1.29, 1.82) is 0 Å². The minimum absolute atomic E-state index is 0.166. The molecule has 0 N–H and O–H groups in total. The van der Waals surface area contributed by atoms with Gasteiger partial charge < -0.3 is 14.4 Å². The van der Waals surface area contributed by atoms with Crippen LogP contribution >= 0.6 is 11.6 Å². The molecule has 3 aromatic carbocycles. The van der Waals surface area contributed by atoms with Gasteiger partial charge in [-0.1, -0.05) is 29.8 Å². The van der Waals surface area contributed by atoms with Crippen LogP contribution in [0.2, 0.25) is 5.02 Å². The molecule has 1 aliphatic heterocycles. The van der Waals surface area contributed by atoms with Crippen molar-refractivity contribution in [3.05, 3.63) is 94.0 Å². The third kappa shape index (κ3) is 4.63. The number of halogens is 2. The van der Waals surface area contributed by atoms with Gasteiger partial charge in [0.1, 0.15) is 23.9 Å². The average Bonchev–Trinajstić information content (AvgIpc) is 3.09. The monoisotopic (exact) mass is 451 g/mol. The molecule has 0 bridgehead atoms. The number of ether oxygens (including phenoxy) is 2. The quantitative estimate of drug-likeness (QED) is 0.383. The molecular formula is C26H23ClFNO3. The van der Waals surface area contributed by atoms with Crippen LogP contribution in [-0.2, 0) is 6.61 Å². The first-order chi connectivity index (χ1) is 15.5. The molecule has 0 saturated carbocycles. The Morgan fingerprint density at radius 2 is 1.78 bits per heavy atom. The summed E-state index contributed by atoms with van der Waals surface area (Å²) in [6, 6.07) is 17.3. The summed E-state index contributed by atoms with van der Waals surface area (Å²) >= 11 is 6.05. The Morgan fingerprint density at radius 3 is 2.47 bits per heavy atom. The molecule has 1 heterocycles. The van der Waals surface area contributed by atoms with Gasteiger partial charge >= 0.3 is 0 Å². The van der Waals surface area contributed by atoms with Crippen LogP contribution in [0.15, 0.2) is 66.4 Å². The second kappa shape index (κ2) is 9.45. The van der Waals surface area contributed by atoms with Crippen molar-refractivity contribution in [1.82, 2.24) is 0 Å². The van der Waals surface area contributed by atoms with Crippen molar-refractivity contribution < 1.29 is 18.7 Å². The molecule has 4 nitrogen and oxygen atoms in total. The lowest BCUT2D eigenvalue weighted by atomic mass is 10.1. The van der Waals surface area contributed by atoms with Gasteiger partial charge in [-0.2, -0.15) is 0 Å². The highest BCUT2D eigenvalue weighted by molar-refractivity contribution is 6.31. The van der Waals surface area contributed by atoms with Gasteiger partial charge in [0.2, 0.25) is 5.78 Å². The Kier molecular flexibility index (Phi) is 6.47. The molecular weight excluding hydrogens is 429 g/mol. The first-order valence-electron chi connectivity index (χ1n) is 10.5. The van der Waals surface area contributed by atoms with E-state index in [-0.39, 0.29) is 18.1 Å². The fourth-order valence-electron chi connectivity index (χ4n) is 3.58. The molecule has 0 atom stereocenters. The second-order valence-electron chi connectivity index (χ2n) is 7.39. The van der Waals surface area contributed by atoms with Gasteiger partial charge in [-0.05, 0) is 61.9 Å². The van der Waals surface area contributed by atoms with E-state index in [1.165, 1.54) is 12.1 Å². The van der Waals surface area contributed by atoms with E-state index in [1.54, 1.807) is 30.3 Å². The van der Waals surface area contributed by atoms with E-state index in [1.807, 2.05) is 24.3 Å². The highest BCUT2D eigenvalue weighted by atomic mass is 35.5. The Bertz CT molecular complexity index is 1170. The summed E-state index contributed by atoms with van der Waals surface area (Å²) in [5.41, 5.74) is 3.18. The number of carbonyl (C=O) groups is 1. The van der Waals surface area contributed by atoms with Crippen molar-refractivity contribution in [2.45, 2.75) is 20.5 Å². The van der Waals surface area contributed by atoms with Crippen LogP contribution in [0.1, 0.15) is 35.3 Å². The molecule has 0 saturated heterocycles. The number of rotatable bonds is 7. The number of nitrogens with zero attached hydrogens (tertiary/aromatic N) is 1. The molecule has 3 aromatic rings. The maximum atomic E-state index is 13.2. The predicted molar refractivity (Wildman–Crippen MR) is 125 cm³/mol. The Hall–Kier alpha value is -3.31. The fraction of sp³-hybridized carbons (Fsp3) is 0.192. The van der Waals surface area contributed by atoms with E-state index >= 15 is 0 Å². The van der Waals surface area contributed by atoms with Crippen LogP contribution in [0, 0.1) is 5.82 Å². The molecule has 0 unspecified atom stereocenters. The van der Waals surface area contributed by atoms with Gasteiger partial charge in [-0.15, -0.1) is 0 Å². The molecule has 6 heteroatoms. The summed E-state index contributed by atoms with van der Waals surface area (Å²) in [6.45, 7) is 6.28. The lowest BCUT2D eigenvalue weighted by Crippen LogP contribution is -2.21. The summed E-state index contributed by atoms with van der Waals surface area (Å²) in [5.74, 6) is 0.686. The average molecular weight is 452 g/mol. The zero-order valence-electron chi connectivity index (χ0n) is 17.9. The smallest absolute Gasteiger partial charge is 0.231 e. The molecule has 0 aliphatic carbocycles. The predicted octanol–water partition coefficient (Wildman–Crippen LogP) is 6.52. The van der Waals surface area contributed by atoms with Crippen LogP contribution in [0.3, 0.4) is 0 Å². The van der Waals surface area contributed by atoms with E-state index in [4.69, 9.17) is 21.1 Å². The zero-order valence-corrected chi connectivity index (χ0v) is 18.7. The lowest BCUT2D eigenvalue weighted by Gasteiger charge is -2.20. The van der Waals surface area contributed by atoms with Gasteiger partial charge in [0.05, 0.1) is 10.6 Å². The van der Waals surface area contributed by atoms with E-state index in [9.17, 15) is 9.18 Å². The standard InChI is InChI=1S/C26H23ClFNO3/c1-3-29(4-2)20-9-5-17(6-10-20)13-25-26(30)22-12-11-21(15-24(22)32-25)31-16-18-7-8-19(28)14-23(18)27/h5-15H,3-4,16H2,1-2H3/b25-13-. The van der Waals surface area contributed by atoms with Crippen LogP contribution in [-0.4, -0.2) is 18.9 Å². The van der Waals surface area contributed by atoms with Gasteiger partial charge in [0, 0.05) is 30.4 Å². The molecule has 0 spiro atoms. The van der Waals surface area contributed by atoms with Gasteiger partial charge in [0.15, 0.2) is 5.76 Å². The first kappa shape index (κ1) is 21.9. The van der Waals surface area contributed by atoms with Crippen LogP contribution in [0.25, 0.3) is 6.08 Å². The molecule has 164 valence electrons. The fourth-order valence-corrected chi connectivity index (χ4v) is 3.80. The van der Waals surface area contributed by atoms with Gasteiger partial charge in [-0.3, -0.25) is 4.79 Å². The van der Waals surface area contributed by atoms with Crippen LogP contribution in [0.5, 0.6) is 11.5 Å². The maximum absolute atomic E-state index is 13.2. The van der Waals surface area contributed by atoms with E-state index < -0.39 is 5.82 Å². The van der Waals surface area contributed by atoms with E-state index in [0.29, 0.717) is 27.6 Å². The molecule has 4 rings (SSSR count). The lowest BCUT2D eigenvalue weighted by molar-refractivity contribution is 0.101. The third-order valence-electron chi connectivity index (χ3n) is 5.37. The van der Waals surface area contributed by atoms with Gasteiger partial charge in [-0.25, -0.2) is 4.39 Å².